The molecule has 2 nitrogen and oxygen atoms in total. The van der Waals surface area contributed by atoms with E-state index in [1.165, 1.54) is 12.1 Å². The molecule has 100 valence electrons. The van der Waals surface area contributed by atoms with Crippen LogP contribution in [0.2, 0.25) is 5.02 Å². The summed E-state index contributed by atoms with van der Waals surface area (Å²) in [6.45, 7) is 2.73. The van der Waals surface area contributed by atoms with Gasteiger partial charge in [-0.2, -0.15) is 0 Å². The van der Waals surface area contributed by atoms with Crippen LogP contribution in [0.1, 0.15) is 24.2 Å². The van der Waals surface area contributed by atoms with Gasteiger partial charge in [0.2, 0.25) is 0 Å². The van der Waals surface area contributed by atoms with Crippen molar-refractivity contribution in [3.05, 3.63) is 64.7 Å². The van der Waals surface area contributed by atoms with E-state index in [-0.39, 0.29) is 11.9 Å². The maximum atomic E-state index is 13.0. The minimum atomic E-state index is -0.311. The first kappa shape index (κ1) is 14.0. The average Bonchev–Trinajstić information content (AvgIpc) is 2.42. The van der Waals surface area contributed by atoms with E-state index < -0.39 is 0 Å². The van der Waals surface area contributed by atoms with Gasteiger partial charge in [-0.15, -0.1) is 0 Å². The summed E-state index contributed by atoms with van der Waals surface area (Å²) in [6.07, 6.45) is 1.78. The molecule has 1 aromatic heterocycles. The van der Waals surface area contributed by atoms with Crippen molar-refractivity contribution in [2.24, 2.45) is 0 Å². The van der Waals surface area contributed by atoms with Gasteiger partial charge in [0.15, 0.2) is 0 Å². The monoisotopic (exact) mass is 278 g/mol. The van der Waals surface area contributed by atoms with E-state index in [0.29, 0.717) is 11.6 Å². The molecule has 0 aliphatic carbocycles. The van der Waals surface area contributed by atoms with E-state index >= 15 is 0 Å². The van der Waals surface area contributed by atoms with Crippen molar-refractivity contribution in [1.29, 1.82) is 0 Å². The second kappa shape index (κ2) is 6.13. The van der Waals surface area contributed by atoms with Crippen molar-refractivity contribution >= 4 is 11.6 Å². The molecule has 2 aromatic rings. The van der Waals surface area contributed by atoms with Crippen LogP contribution in [0.3, 0.4) is 0 Å². The van der Waals surface area contributed by atoms with E-state index in [2.05, 4.69) is 16.8 Å². The highest BCUT2D eigenvalue weighted by atomic mass is 35.5. The lowest BCUT2D eigenvalue weighted by molar-refractivity contribution is 0.248. The van der Waals surface area contributed by atoms with Crippen molar-refractivity contribution < 1.29 is 4.39 Å². The third kappa shape index (κ3) is 3.52. The molecule has 0 bridgehead atoms. The third-order valence-corrected chi connectivity index (χ3v) is 3.56. The maximum absolute atomic E-state index is 13.0. The summed E-state index contributed by atoms with van der Waals surface area (Å²) >= 11 is 6.04. The van der Waals surface area contributed by atoms with Gasteiger partial charge in [0.1, 0.15) is 5.82 Å². The summed E-state index contributed by atoms with van der Waals surface area (Å²) < 4.78 is 13.0. The molecule has 2 rings (SSSR count). The zero-order valence-electron chi connectivity index (χ0n) is 11.0. The molecule has 0 saturated carbocycles. The molecular weight excluding hydrogens is 263 g/mol. The van der Waals surface area contributed by atoms with Crippen LogP contribution < -0.4 is 0 Å². The van der Waals surface area contributed by atoms with E-state index in [1.807, 2.05) is 25.2 Å². The molecule has 0 aliphatic rings. The lowest BCUT2D eigenvalue weighted by atomic mass is 10.1. The molecule has 4 heteroatoms. The number of pyridine rings is 1. The molecule has 0 spiro atoms. The molecule has 0 saturated heterocycles. The summed E-state index contributed by atoms with van der Waals surface area (Å²) in [5, 5.41) is 0.458. The zero-order chi connectivity index (χ0) is 13.8. The van der Waals surface area contributed by atoms with Gasteiger partial charge in [0.05, 0.1) is 5.69 Å². The molecule has 0 amide bonds. The van der Waals surface area contributed by atoms with Crippen LogP contribution in [-0.4, -0.2) is 16.9 Å². The van der Waals surface area contributed by atoms with E-state index in [0.717, 1.165) is 11.3 Å². The van der Waals surface area contributed by atoms with Crippen molar-refractivity contribution in [2.75, 3.05) is 7.05 Å². The fourth-order valence-corrected chi connectivity index (χ4v) is 2.13. The topological polar surface area (TPSA) is 16.1 Å². The quantitative estimate of drug-likeness (QED) is 0.838. The van der Waals surface area contributed by atoms with Gasteiger partial charge in [-0.3, -0.25) is 9.88 Å². The maximum Gasteiger partial charge on any atom is 0.124 e. The highest BCUT2D eigenvalue weighted by molar-refractivity contribution is 6.31. The predicted octanol–water partition coefficient (Wildman–Crippen LogP) is 4.07. The Labute approximate surface area is 117 Å². The van der Waals surface area contributed by atoms with Crippen LogP contribution in [-0.2, 0) is 6.54 Å². The van der Waals surface area contributed by atoms with Crippen LogP contribution in [0.4, 0.5) is 4.39 Å². The Bertz CT molecular complexity index is 545. The van der Waals surface area contributed by atoms with Gasteiger partial charge in [0.25, 0.3) is 0 Å². The van der Waals surface area contributed by atoms with Gasteiger partial charge in [0, 0.05) is 23.8 Å². The molecule has 0 radical (unpaired) electrons. The van der Waals surface area contributed by atoms with E-state index in [9.17, 15) is 4.39 Å². The fraction of sp³-hybridized carbons (Fsp3) is 0.267. The highest BCUT2D eigenvalue weighted by Gasteiger charge is 2.14. The molecule has 1 aromatic carbocycles. The SMILES string of the molecule is C[C@H](c1ccccn1)N(C)Cc1ccc(F)cc1Cl. The molecule has 0 unspecified atom stereocenters. The largest absolute Gasteiger partial charge is 0.294 e. The van der Waals surface area contributed by atoms with Gasteiger partial charge in [-0.05, 0) is 43.8 Å². The molecule has 0 fully saturated rings. The molecular formula is C15H16ClFN2. The summed E-state index contributed by atoms with van der Waals surface area (Å²) in [5.41, 5.74) is 1.91. The third-order valence-electron chi connectivity index (χ3n) is 3.21. The van der Waals surface area contributed by atoms with Gasteiger partial charge in [-0.25, -0.2) is 4.39 Å². The Hall–Kier alpha value is -1.45. The lowest BCUT2D eigenvalue weighted by Crippen LogP contribution is -2.22. The second-order valence-corrected chi connectivity index (χ2v) is 4.99. The van der Waals surface area contributed by atoms with Crippen LogP contribution in [0.15, 0.2) is 42.6 Å². The van der Waals surface area contributed by atoms with Gasteiger partial charge in [-0.1, -0.05) is 23.7 Å². The van der Waals surface area contributed by atoms with E-state index in [1.54, 1.807) is 12.3 Å². The number of rotatable bonds is 4. The number of benzene rings is 1. The van der Waals surface area contributed by atoms with Crippen LogP contribution >= 0.6 is 11.6 Å². The van der Waals surface area contributed by atoms with Crippen molar-refractivity contribution in [1.82, 2.24) is 9.88 Å². The van der Waals surface area contributed by atoms with Crippen molar-refractivity contribution in [3.63, 3.8) is 0 Å². The number of aromatic nitrogens is 1. The Kier molecular flexibility index (Phi) is 4.51. The van der Waals surface area contributed by atoms with Gasteiger partial charge >= 0.3 is 0 Å². The van der Waals surface area contributed by atoms with Crippen LogP contribution in [0, 0.1) is 5.82 Å². The molecule has 0 aliphatic heterocycles. The Morgan fingerprint density at radius 1 is 1.32 bits per heavy atom. The molecule has 1 atom stereocenters. The molecule has 19 heavy (non-hydrogen) atoms. The normalized spacial score (nSPS) is 12.7. The predicted molar refractivity (Wildman–Crippen MR) is 75.5 cm³/mol. The first-order valence-electron chi connectivity index (χ1n) is 6.13. The summed E-state index contributed by atoms with van der Waals surface area (Å²) in [5.74, 6) is -0.311. The fourth-order valence-electron chi connectivity index (χ4n) is 1.90. The van der Waals surface area contributed by atoms with Crippen molar-refractivity contribution in [3.8, 4) is 0 Å². The number of hydrogen-bond donors (Lipinski definition) is 0. The van der Waals surface area contributed by atoms with Crippen LogP contribution in [0.25, 0.3) is 0 Å². The average molecular weight is 279 g/mol. The van der Waals surface area contributed by atoms with Crippen molar-refractivity contribution in [2.45, 2.75) is 19.5 Å². The smallest absolute Gasteiger partial charge is 0.124 e. The van der Waals surface area contributed by atoms with E-state index in [4.69, 9.17) is 11.6 Å². The first-order valence-corrected chi connectivity index (χ1v) is 6.51. The Balaban J connectivity index is 2.10. The standard InChI is InChI=1S/C15H16ClFN2/c1-11(15-5-3-4-8-18-15)19(2)10-12-6-7-13(17)9-14(12)16/h3-9,11H,10H2,1-2H3/t11-/m1/s1. The van der Waals surface area contributed by atoms with Crippen LogP contribution in [0.5, 0.6) is 0 Å². The Morgan fingerprint density at radius 3 is 2.74 bits per heavy atom. The minimum absolute atomic E-state index is 0.169. The molecule has 0 N–H and O–H groups in total. The zero-order valence-corrected chi connectivity index (χ0v) is 11.7. The second-order valence-electron chi connectivity index (χ2n) is 4.58. The number of halogens is 2. The summed E-state index contributed by atoms with van der Waals surface area (Å²) in [6, 6.07) is 10.5. The lowest BCUT2D eigenvalue weighted by Gasteiger charge is -2.24. The molecule has 1 heterocycles. The van der Waals surface area contributed by atoms with Gasteiger partial charge < -0.3 is 0 Å². The number of hydrogen-bond acceptors (Lipinski definition) is 2. The number of nitrogens with zero attached hydrogens (tertiary/aromatic N) is 2. The minimum Gasteiger partial charge on any atom is -0.294 e. The highest BCUT2D eigenvalue weighted by Crippen LogP contribution is 2.23. The first-order chi connectivity index (χ1) is 9.08. The summed E-state index contributed by atoms with van der Waals surface area (Å²) in [4.78, 5) is 6.47. The Morgan fingerprint density at radius 2 is 2.11 bits per heavy atom. The summed E-state index contributed by atoms with van der Waals surface area (Å²) in [7, 11) is 2.00.